The number of hydrogen-bond donors (Lipinski definition) is 4. The van der Waals surface area contributed by atoms with Crippen LogP contribution in [0.15, 0.2) is 71.6 Å². The normalized spacial score (nSPS) is 18.3. The molecule has 0 aliphatic carbocycles. The number of aromatic amines is 1. The van der Waals surface area contributed by atoms with Gasteiger partial charge in [-0.05, 0) is 46.3 Å². The summed E-state index contributed by atoms with van der Waals surface area (Å²) in [4.78, 5) is 34.9. The second-order valence-electron chi connectivity index (χ2n) is 9.60. The van der Waals surface area contributed by atoms with Crippen molar-refractivity contribution in [2.24, 2.45) is 0 Å². The van der Waals surface area contributed by atoms with Crippen LogP contribution in [-0.4, -0.2) is 50.0 Å². The number of fused-ring (bicyclic) bond motifs is 1. The molecule has 1 saturated heterocycles. The lowest BCUT2D eigenvalue weighted by Gasteiger charge is -2.33. The Kier molecular flexibility index (Phi) is 8.62. The zero-order valence-corrected chi connectivity index (χ0v) is 25.1. The molecule has 18 heteroatoms. The number of halogens is 5. The molecular formula is C26H21Cl2F3N4O7S2. The van der Waals surface area contributed by atoms with Crippen LogP contribution in [0.4, 0.5) is 13.2 Å². The van der Waals surface area contributed by atoms with Gasteiger partial charge >= 0.3 is 12.1 Å². The van der Waals surface area contributed by atoms with Crippen LogP contribution in [0.25, 0.3) is 11.0 Å². The predicted molar refractivity (Wildman–Crippen MR) is 155 cm³/mol. The highest BCUT2D eigenvalue weighted by Gasteiger charge is 2.48. The van der Waals surface area contributed by atoms with E-state index in [2.05, 4.69) is 19.5 Å². The van der Waals surface area contributed by atoms with Crippen molar-refractivity contribution in [3.63, 3.8) is 0 Å². The number of nitrogens with one attached hydrogen (secondary N) is 2. The van der Waals surface area contributed by atoms with E-state index < -0.39 is 71.5 Å². The van der Waals surface area contributed by atoms with Gasteiger partial charge in [-0.2, -0.15) is 13.2 Å². The van der Waals surface area contributed by atoms with Crippen molar-refractivity contribution in [2.75, 3.05) is 0 Å². The van der Waals surface area contributed by atoms with E-state index in [1.165, 1.54) is 30.3 Å². The number of benzene rings is 3. The molecule has 2 heterocycles. The van der Waals surface area contributed by atoms with E-state index in [1.807, 2.05) is 0 Å². The Labute approximate surface area is 259 Å². The van der Waals surface area contributed by atoms with Gasteiger partial charge in [-0.1, -0.05) is 65.7 Å². The molecule has 4 N–H and O–H groups in total. The topological polar surface area (TPSA) is 162 Å². The molecule has 1 unspecified atom stereocenters. The fourth-order valence-corrected chi connectivity index (χ4v) is 8.55. The van der Waals surface area contributed by atoms with Crippen LogP contribution in [-0.2, 0) is 30.9 Å². The molecule has 1 amide bonds. The van der Waals surface area contributed by atoms with E-state index in [9.17, 15) is 40.3 Å². The van der Waals surface area contributed by atoms with Crippen molar-refractivity contribution in [1.29, 1.82) is 0 Å². The summed E-state index contributed by atoms with van der Waals surface area (Å²) in [6.07, 6.45) is -6.19. The lowest BCUT2D eigenvalue weighted by molar-refractivity contribution is -0.227. The molecule has 4 aromatic rings. The molecular weight excluding hydrogens is 672 g/mol. The Bertz CT molecular complexity index is 1800. The Balaban J connectivity index is 1.63. The highest BCUT2D eigenvalue weighted by molar-refractivity contribution is 8.23. The first-order chi connectivity index (χ1) is 20.6. The number of aromatic nitrogens is 2. The molecule has 1 aromatic heterocycles. The van der Waals surface area contributed by atoms with Gasteiger partial charge in [0.15, 0.2) is 0 Å². The molecule has 1 aliphatic rings. The number of carbonyl (C=O) groups excluding carboxylic acids is 2. The minimum atomic E-state index is -5.59. The van der Waals surface area contributed by atoms with Crippen molar-refractivity contribution < 1.29 is 45.1 Å². The van der Waals surface area contributed by atoms with Crippen molar-refractivity contribution >= 4 is 66.9 Å². The summed E-state index contributed by atoms with van der Waals surface area (Å²) in [5.41, 5.74) is 1.41. The quantitative estimate of drug-likeness (QED) is 0.161. The zero-order chi connectivity index (χ0) is 32.0. The number of hydroxylamine groups is 1. The molecule has 234 valence electrons. The van der Waals surface area contributed by atoms with E-state index in [0.29, 0.717) is 22.2 Å². The molecule has 0 saturated carbocycles. The van der Waals surface area contributed by atoms with E-state index in [1.54, 1.807) is 24.3 Å². The van der Waals surface area contributed by atoms with Crippen LogP contribution in [0.2, 0.25) is 10.0 Å². The van der Waals surface area contributed by atoms with Gasteiger partial charge < -0.3 is 9.82 Å². The second kappa shape index (κ2) is 11.8. The molecule has 1 fully saturated rings. The van der Waals surface area contributed by atoms with E-state index in [0.717, 1.165) is 12.1 Å². The standard InChI is InChI=1S/C26H21Cl2F3N4O7S2/c27-16-4-3-5-17(28)23(16)44(40,41)35(42-25(37)26(29,30)31)20(24-32-18-6-1-2-7-19(18)33-24)12-14-8-10-15(11-9-14)21-13-22(36)34-43(21,38)39/h1-11,20-21,38-39H,12-13H2,(H,32,33)(H,34,36)/t20-,21?/m0/s1. The third-order valence-corrected chi connectivity index (χ3v) is 11.0. The number of nitrogens with zero attached hydrogens (tertiary/aromatic N) is 2. The molecule has 44 heavy (non-hydrogen) atoms. The number of H-pyrrole nitrogens is 1. The van der Waals surface area contributed by atoms with Crippen LogP contribution >= 0.6 is 34.0 Å². The fraction of sp³-hybridized carbons (Fsp3) is 0.192. The van der Waals surface area contributed by atoms with Crippen molar-refractivity contribution in [1.82, 2.24) is 19.2 Å². The second-order valence-corrected chi connectivity index (χ2v) is 14.1. The van der Waals surface area contributed by atoms with Crippen LogP contribution in [0, 0.1) is 0 Å². The number of sulfonamides is 1. The first-order valence-electron chi connectivity index (χ1n) is 12.5. The van der Waals surface area contributed by atoms with Crippen LogP contribution in [0.5, 0.6) is 0 Å². The summed E-state index contributed by atoms with van der Waals surface area (Å²) in [5, 5.41) is -1.85. The lowest BCUT2D eigenvalue weighted by atomic mass is 10.0. The zero-order valence-electron chi connectivity index (χ0n) is 22.0. The summed E-state index contributed by atoms with van der Waals surface area (Å²) >= 11 is 12.3. The van der Waals surface area contributed by atoms with Crippen molar-refractivity contribution in [2.45, 2.75) is 35.2 Å². The maximum Gasteiger partial charge on any atom is 0.492 e. The average Bonchev–Trinajstić information content (AvgIpc) is 3.49. The van der Waals surface area contributed by atoms with Gasteiger partial charge in [-0.3, -0.25) is 18.6 Å². The Hall–Kier alpha value is -3.38. The fourth-order valence-electron chi connectivity index (χ4n) is 4.60. The van der Waals surface area contributed by atoms with E-state index in [-0.39, 0.29) is 16.7 Å². The first-order valence-corrected chi connectivity index (χ1v) is 16.3. The predicted octanol–water partition coefficient (Wildman–Crippen LogP) is 6.09. The molecule has 11 nitrogen and oxygen atoms in total. The average molecular weight is 694 g/mol. The smallest absolute Gasteiger partial charge is 0.344 e. The summed E-state index contributed by atoms with van der Waals surface area (Å²) in [5.74, 6) is -3.57. The number of imidazole rings is 1. The maximum absolute atomic E-state index is 14.0. The maximum atomic E-state index is 14.0. The Morgan fingerprint density at radius 3 is 2.27 bits per heavy atom. The van der Waals surface area contributed by atoms with Crippen LogP contribution in [0.3, 0.4) is 0 Å². The minimum Gasteiger partial charge on any atom is -0.344 e. The van der Waals surface area contributed by atoms with Gasteiger partial charge in [-0.15, -0.1) is 10.8 Å². The molecule has 0 spiro atoms. The van der Waals surface area contributed by atoms with Crippen molar-refractivity contribution in [3.8, 4) is 0 Å². The van der Waals surface area contributed by atoms with Gasteiger partial charge in [-0.25, -0.2) is 18.2 Å². The minimum absolute atomic E-state index is 0.127. The highest BCUT2D eigenvalue weighted by atomic mass is 35.5. The van der Waals surface area contributed by atoms with Crippen LogP contribution in [0.1, 0.15) is 34.7 Å². The van der Waals surface area contributed by atoms with Crippen molar-refractivity contribution in [3.05, 3.63) is 93.7 Å². The molecule has 0 bridgehead atoms. The molecule has 1 aliphatic heterocycles. The number of amides is 1. The third-order valence-electron chi connectivity index (χ3n) is 6.61. The third kappa shape index (κ3) is 6.37. The molecule has 3 aromatic carbocycles. The highest BCUT2D eigenvalue weighted by Crippen LogP contribution is 2.56. The molecule has 2 atom stereocenters. The largest absolute Gasteiger partial charge is 0.492 e. The number of carbonyl (C=O) groups is 2. The van der Waals surface area contributed by atoms with E-state index in [4.69, 9.17) is 23.2 Å². The van der Waals surface area contributed by atoms with Crippen LogP contribution < -0.4 is 4.72 Å². The summed E-state index contributed by atoms with van der Waals surface area (Å²) in [7, 11) is -8.68. The lowest BCUT2D eigenvalue weighted by Crippen LogP contribution is -2.42. The van der Waals surface area contributed by atoms with Gasteiger partial charge in [0, 0.05) is 0 Å². The Morgan fingerprint density at radius 2 is 1.70 bits per heavy atom. The summed E-state index contributed by atoms with van der Waals surface area (Å²) in [6, 6.07) is 14.1. The van der Waals surface area contributed by atoms with Gasteiger partial charge in [0.25, 0.3) is 10.0 Å². The summed E-state index contributed by atoms with van der Waals surface area (Å²) in [6.45, 7) is 0. The SMILES string of the molecule is O=C1CC(c2ccc(C[C@@H](c3nc4ccccc4[nH]3)N(OC(=O)C(F)(F)F)S(=O)(=O)c3c(Cl)cccc3Cl)cc2)S(O)(O)N1. The molecule has 5 rings (SSSR count). The number of para-hydroxylation sites is 2. The summed E-state index contributed by atoms with van der Waals surface area (Å²) < 4.78 is 90.8. The van der Waals surface area contributed by atoms with Gasteiger partial charge in [0.1, 0.15) is 22.0 Å². The first kappa shape index (κ1) is 32.0. The number of rotatable bonds is 8. The number of hydrogen-bond acceptors (Lipinski definition) is 8. The van der Waals surface area contributed by atoms with Gasteiger partial charge in [0.05, 0.1) is 27.5 Å². The van der Waals surface area contributed by atoms with E-state index >= 15 is 0 Å². The number of alkyl halides is 3. The molecule has 0 radical (unpaired) electrons. The van der Waals surface area contributed by atoms with Gasteiger partial charge in [0.2, 0.25) is 5.91 Å². The monoisotopic (exact) mass is 692 g/mol. The Morgan fingerprint density at radius 1 is 1.07 bits per heavy atom.